The number of nitrogens with two attached hydrogens (primary N) is 3. The Hall–Kier alpha value is -2.28. The normalized spacial score (nSPS) is 15.6. The van der Waals surface area contributed by atoms with Crippen LogP contribution in [0.4, 0.5) is 0 Å². The highest BCUT2D eigenvalue weighted by Crippen LogP contribution is 2.09. The van der Waals surface area contributed by atoms with E-state index in [2.05, 4.69) is 16.0 Å². The molecule has 5 atom stereocenters. The number of hydrogen-bond donors (Lipinski definition) is 8. The topological polar surface area (TPSA) is 223 Å². The number of carboxylic acid groups (broad SMARTS) is 1. The number of carbonyl (C=O) groups excluding carboxylic acids is 3. The van der Waals surface area contributed by atoms with Gasteiger partial charge in [0, 0.05) is 0 Å². The zero-order valence-electron chi connectivity index (χ0n) is 20.6. The molecule has 11 N–H and O–H groups in total. The lowest BCUT2D eigenvalue weighted by Crippen LogP contribution is -2.58. The summed E-state index contributed by atoms with van der Waals surface area (Å²) in [5.41, 5.74) is 16.9. The average Bonchev–Trinajstić information content (AvgIpc) is 2.75. The zero-order chi connectivity index (χ0) is 26.3. The average molecular weight is 489 g/mol. The molecule has 0 aromatic rings. The first kappa shape index (κ1) is 31.7. The minimum Gasteiger partial charge on any atom is -0.480 e. The fourth-order valence-electron chi connectivity index (χ4n) is 3.30. The van der Waals surface area contributed by atoms with Crippen LogP contribution in [0.2, 0.25) is 0 Å². The summed E-state index contributed by atoms with van der Waals surface area (Å²) in [7, 11) is 0. The van der Waals surface area contributed by atoms with E-state index in [-0.39, 0.29) is 12.3 Å². The summed E-state index contributed by atoms with van der Waals surface area (Å²) in [6.45, 7) is 5.85. The molecule has 198 valence electrons. The Labute approximate surface area is 201 Å². The maximum atomic E-state index is 13.0. The van der Waals surface area contributed by atoms with Gasteiger partial charge in [-0.2, -0.15) is 0 Å². The van der Waals surface area contributed by atoms with Crippen LogP contribution in [0.3, 0.4) is 0 Å². The highest BCUT2D eigenvalue weighted by atomic mass is 16.4. The minimum absolute atomic E-state index is 0.00729. The molecule has 0 aliphatic heterocycles. The van der Waals surface area contributed by atoms with Gasteiger partial charge >= 0.3 is 5.97 Å². The Morgan fingerprint density at radius 1 is 0.765 bits per heavy atom. The molecule has 0 saturated heterocycles. The molecular formula is C22H44N6O6. The number of carboxylic acids is 1. The van der Waals surface area contributed by atoms with Gasteiger partial charge in [-0.25, -0.2) is 4.79 Å². The number of rotatable bonds is 18. The summed E-state index contributed by atoms with van der Waals surface area (Å²) in [5.74, 6) is -3.19. The Morgan fingerprint density at radius 3 is 1.74 bits per heavy atom. The molecule has 0 fully saturated rings. The highest BCUT2D eigenvalue weighted by Gasteiger charge is 2.32. The minimum atomic E-state index is -1.52. The first-order valence-corrected chi connectivity index (χ1v) is 11.9. The van der Waals surface area contributed by atoms with E-state index in [1.165, 1.54) is 6.92 Å². The molecule has 34 heavy (non-hydrogen) atoms. The van der Waals surface area contributed by atoms with Crippen molar-refractivity contribution in [2.75, 3.05) is 13.1 Å². The summed E-state index contributed by atoms with van der Waals surface area (Å²) in [4.78, 5) is 49.7. The molecule has 0 bridgehead atoms. The van der Waals surface area contributed by atoms with Gasteiger partial charge in [0.15, 0.2) is 6.04 Å². The molecule has 0 aliphatic carbocycles. The first-order chi connectivity index (χ1) is 15.9. The summed E-state index contributed by atoms with van der Waals surface area (Å²) in [6, 6.07) is -4.31. The molecule has 0 radical (unpaired) electrons. The molecule has 0 aromatic heterocycles. The van der Waals surface area contributed by atoms with Crippen molar-refractivity contribution in [3.05, 3.63) is 0 Å². The van der Waals surface area contributed by atoms with Gasteiger partial charge in [-0.05, 0) is 64.5 Å². The molecule has 0 heterocycles. The highest BCUT2D eigenvalue weighted by molar-refractivity contribution is 5.94. The lowest BCUT2D eigenvalue weighted by molar-refractivity contribution is -0.145. The Kier molecular flexibility index (Phi) is 16.0. The van der Waals surface area contributed by atoms with Crippen molar-refractivity contribution in [2.24, 2.45) is 23.1 Å². The van der Waals surface area contributed by atoms with E-state index in [9.17, 15) is 29.4 Å². The van der Waals surface area contributed by atoms with E-state index in [0.717, 1.165) is 6.42 Å². The second-order valence-corrected chi connectivity index (χ2v) is 8.99. The molecular weight excluding hydrogens is 444 g/mol. The van der Waals surface area contributed by atoms with E-state index < -0.39 is 54.0 Å². The van der Waals surface area contributed by atoms with Crippen molar-refractivity contribution in [1.29, 1.82) is 0 Å². The van der Waals surface area contributed by atoms with Crippen LogP contribution >= 0.6 is 0 Å². The Bertz CT molecular complexity index is 645. The van der Waals surface area contributed by atoms with Gasteiger partial charge in [0.25, 0.3) is 0 Å². The van der Waals surface area contributed by atoms with Crippen molar-refractivity contribution < 1.29 is 29.4 Å². The van der Waals surface area contributed by atoms with E-state index in [1.54, 1.807) is 0 Å². The molecule has 5 unspecified atom stereocenters. The lowest BCUT2D eigenvalue weighted by Gasteiger charge is -2.26. The van der Waals surface area contributed by atoms with Gasteiger partial charge in [0.2, 0.25) is 17.7 Å². The number of aliphatic carboxylic acids is 1. The van der Waals surface area contributed by atoms with Crippen LogP contribution in [-0.4, -0.2) is 77.3 Å². The molecule has 0 spiro atoms. The second-order valence-electron chi connectivity index (χ2n) is 8.99. The fraction of sp³-hybridized carbons (Fsp3) is 0.818. The number of nitrogens with one attached hydrogen (secondary N) is 3. The van der Waals surface area contributed by atoms with E-state index in [0.29, 0.717) is 45.2 Å². The second kappa shape index (κ2) is 17.2. The fourth-order valence-corrected chi connectivity index (χ4v) is 3.30. The van der Waals surface area contributed by atoms with Crippen molar-refractivity contribution >= 4 is 23.7 Å². The van der Waals surface area contributed by atoms with Crippen LogP contribution in [0.25, 0.3) is 0 Å². The van der Waals surface area contributed by atoms with Crippen molar-refractivity contribution in [2.45, 2.75) is 96.0 Å². The van der Waals surface area contributed by atoms with Crippen LogP contribution in [0, 0.1) is 5.92 Å². The zero-order valence-corrected chi connectivity index (χ0v) is 20.6. The van der Waals surface area contributed by atoms with Crippen LogP contribution in [-0.2, 0) is 19.2 Å². The van der Waals surface area contributed by atoms with Gasteiger partial charge in [-0.15, -0.1) is 0 Å². The predicted molar refractivity (Wildman–Crippen MR) is 128 cm³/mol. The molecule has 12 nitrogen and oxygen atoms in total. The number of aliphatic hydroxyl groups excluding tert-OH is 1. The lowest BCUT2D eigenvalue weighted by atomic mass is 10.0. The van der Waals surface area contributed by atoms with Gasteiger partial charge in [-0.3, -0.25) is 14.4 Å². The SMILES string of the molecule is CC(C)CC(NC(=O)C(CCCCN)NC(=O)C(N)CCCCN)C(=O)NC(C(=O)O)C(C)O. The summed E-state index contributed by atoms with van der Waals surface area (Å²) in [5, 5.41) is 26.4. The van der Waals surface area contributed by atoms with Crippen molar-refractivity contribution in [1.82, 2.24) is 16.0 Å². The summed E-state index contributed by atoms with van der Waals surface area (Å²) < 4.78 is 0. The number of amides is 3. The molecule has 12 heteroatoms. The predicted octanol–water partition coefficient (Wildman–Crippen LogP) is -1.46. The number of unbranched alkanes of at least 4 members (excludes halogenated alkanes) is 2. The molecule has 3 amide bonds. The summed E-state index contributed by atoms with van der Waals surface area (Å²) >= 11 is 0. The number of hydrogen-bond acceptors (Lipinski definition) is 8. The Morgan fingerprint density at radius 2 is 1.26 bits per heavy atom. The molecule has 0 saturated carbocycles. The standard InChI is InChI=1S/C22H44N6O6/c1-13(2)12-17(21(32)28-18(14(3)29)22(33)34)27-20(31)16(9-5-7-11-24)26-19(30)15(25)8-4-6-10-23/h13-18,29H,4-12,23-25H2,1-3H3,(H,26,30)(H,27,31)(H,28,32)(H,33,34). The van der Waals surface area contributed by atoms with E-state index in [4.69, 9.17) is 17.2 Å². The summed E-state index contributed by atoms with van der Waals surface area (Å²) in [6.07, 6.45) is 2.25. The van der Waals surface area contributed by atoms with Crippen LogP contribution in [0.15, 0.2) is 0 Å². The Balaban J connectivity index is 5.42. The maximum absolute atomic E-state index is 13.0. The molecule has 0 rings (SSSR count). The molecule has 0 aromatic carbocycles. The third kappa shape index (κ3) is 12.8. The number of carbonyl (C=O) groups is 4. The molecule has 0 aliphatic rings. The van der Waals surface area contributed by atoms with Crippen molar-refractivity contribution in [3.8, 4) is 0 Å². The largest absolute Gasteiger partial charge is 0.480 e. The van der Waals surface area contributed by atoms with E-state index in [1.807, 2.05) is 13.8 Å². The maximum Gasteiger partial charge on any atom is 0.328 e. The van der Waals surface area contributed by atoms with Crippen LogP contribution in [0.5, 0.6) is 0 Å². The van der Waals surface area contributed by atoms with Gasteiger partial charge in [-0.1, -0.05) is 20.3 Å². The third-order valence-corrected chi connectivity index (χ3v) is 5.27. The van der Waals surface area contributed by atoms with E-state index >= 15 is 0 Å². The first-order valence-electron chi connectivity index (χ1n) is 11.9. The van der Waals surface area contributed by atoms with Crippen molar-refractivity contribution in [3.63, 3.8) is 0 Å². The van der Waals surface area contributed by atoms with Crippen LogP contribution < -0.4 is 33.2 Å². The third-order valence-electron chi connectivity index (χ3n) is 5.27. The monoisotopic (exact) mass is 488 g/mol. The quantitative estimate of drug-likeness (QED) is 0.105. The van der Waals surface area contributed by atoms with Gasteiger partial charge in [0.1, 0.15) is 12.1 Å². The number of aliphatic hydroxyl groups is 1. The van der Waals surface area contributed by atoms with Crippen LogP contribution in [0.1, 0.15) is 65.7 Å². The van der Waals surface area contributed by atoms with Gasteiger partial charge in [0.05, 0.1) is 12.1 Å². The van der Waals surface area contributed by atoms with Gasteiger partial charge < -0.3 is 43.4 Å². The smallest absolute Gasteiger partial charge is 0.328 e.